The molecule has 2 atom stereocenters. The number of carbonyl (C=O) groups is 1. The van der Waals surface area contributed by atoms with Gasteiger partial charge in [0.1, 0.15) is 17.2 Å². The van der Waals surface area contributed by atoms with E-state index in [1.54, 1.807) is 26.8 Å². The number of hydrogen-bond donors (Lipinski definition) is 3. The molecule has 0 aromatic heterocycles. The molecule has 0 aliphatic heterocycles. The summed E-state index contributed by atoms with van der Waals surface area (Å²) in [4.78, 5) is 11.7. The van der Waals surface area contributed by atoms with E-state index in [0.717, 1.165) is 12.5 Å². The third-order valence-electron chi connectivity index (χ3n) is 3.32. The van der Waals surface area contributed by atoms with Gasteiger partial charge in [-0.1, -0.05) is 13.0 Å². The summed E-state index contributed by atoms with van der Waals surface area (Å²) in [6, 6.07) is 3.83. The van der Waals surface area contributed by atoms with Crippen molar-refractivity contribution in [2.24, 2.45) is 0 Å². The second kappa shape index (κ2) is 8.15. The van der Waals surface area contributed by atoms with Crippen LogP contribution in [-0.4, -0.2) is 29.4 Å². The van der Waals surface area contributed by atoms with Gasteiger partial charge in [0, 0.05) is 30.3 Å². The zero-order chi connectivity index (χ0) is 17.6. The number of halogens is 1. The first kappa shape index (κ1) is 19.2. The predicted molar refractivity (Wildman–Crippen MR) is 87.9 cm³/mol. The summed E-state index contributed by atoms with van der Waals surface area (Å²) in [5.74, 6) is -0.558. The molecular weight excluding hydrogens is 299 g/mol. The average molecular weight is 326 g/mol. The molecule has 0 spiro atoms. The lowest BCUT2D eigenvalue weighted by Crippen LogP contribution is -2.43. The Hall–Kier alpha value is -1.82. The first-order valence-electron chi connectivity index (χ1n) is 7.83. The van der Waals surface area contributed by atoms with Gasteiger partial charge in [-0.15, -0.1) is 0 Å². The van der Waals surface area contributed by atoms with Crippen molar-refractivity contribution in [2.75, 3.05) is 6.54 Å². The third kappa shape index (κ3) is 6.86. The Morgan fingerprint density at radius 1 is 1.39 bits per heavy atom. The molecule has 1 amide bonds. The Balaban J connectivity index is 2.57. The van der Waals surface area contributed by atoms with E-state index < -0.39 is 17.5 Å². The predicted octanol–water partition coefficient (Wildman–Crippen LogP) is 3.49. The number of aromatic hydroxyl groups is 1. The van der Waals surface area contributed by atoms with Crippen LogP contribution in [0.15, 0.2) is 18.2 Å². The summed E-state index contributed by atoms with van der Waals surface area (Å²) < 4.78 is 19.1. The summed E-state index contributed by atoms with van der Waals surface area (Å²) in [7, 11) is 0. The van der Waals surface area contributed by atoms with Crippen LogP contribution in [-0.2, 0) is 4.74 Å². The lowest BCUT2D eigenvalue weighted by atomic mass is 10.1. The van der Waals surface area contributed by atoms with Crippen LogP contribution in [0.1, 0.15) is 52.6 Å². The van der Waals surface area contributed by atoms with Crippen LogP contribution in [0.4, 0.5) is 9.18 Å². The topological polar surface area (TPSA) is 70.6 Å². The standard InChI is InChI=1S/C17H27FN2O3/c1-6-12(10-19-16(22)23-17(3,4)5)20-11(2)14-8-7-13(21)9-15(14)18/h7-9,11-12,20-21H,6,10H2,1-5H3,(H,19,22). The SMILES string of the molecule is CCC(CNC(=O)OC(C)(C)C)NC(C)c1ccc(O)cc1F. The highest BCUT2D eigenvalue weighted by Gasteiger charge is 2.19. The maximum Gasteiger partial charge on any atom is 0.407 e. The van der Waals surface area contributed by atoms with Crippen molar-refractivity contribution in [2.45, 2.75) is 58.7 Å². The third-order valence-corrected chi connectivity index (χ3v) is 3.32. The first-order chi connectivity index (χ1) is 10.6. The van der Waals surface area contributed by atoms with Crippen LogP contribution in [0, 0.1) is 5.82 Å². The van der Waals surface area contributed by atoms with E-state index in [1.165, 1.54) is 6.07 Å². The molecule has 0 aliphatic carbocycles. The number of alkyl carbamates (subject to hydrolysis) is 1. The highest BCUT2D eigenvalue weighted by atomic mass is 19.1. The first-order valence-corrected chi connectivity index (χ1v) is 7.83. The molecule has 1 rings (SSSR count). The number of carbonyl (C=O) groups excluding carboxylic acids is 1. The molecule has 2 unspecified atom stereocenters. The van der Waals surface area contributed by atoms with Crippen LogP contribution in [0.25, 0.3) is 0 Å². The fourth-order valence-corrected chi connectivity index (χ4v) is 2.15. The summed E-state index contributed by atoms with van der Waals surface area (Å²) in [6.45, 7) is 9.61. The molecule has 0 heterocycles. The number of rotatable bonds is 6. The molecule has 3 N–H and O–H groups in total. The van der Waals surface area contributed by atoms with Crippen molar-refractivity contribution in [1.29, 1.82) is 0 Å². The molecule has 5 nitrogen and oxygen atoms in total. The van der Waals surface area contributed by atoms with Crippen molar-refractivity contribution >= 4 is 6.09 Å². The van der Waals surface area contributed by atoms with Gasteiger partial charge in [0.2, 0.25) is 0 Å². The van der Waals surface area contributed by atoms with Crippen LogP contribution in [0.5, 0.6) is 5.75 Å². The van der Waals surface area contributed by atoms with Crippen molar-refractivity contribution in [3.8, 4) is 5.75 Å². The number of nitrogens with one attached hydrogen (secondary N) is 2. The van der Waals surface area contributed by atoms with Crippen LogP contribution >= 0.6 is 0 Å². The Kier molecular flexibility index (Phi) is 6.81. The Morgan fingerprint density at radius 2 is 2.04 bits per heavy atom. The Morgan fingerprint density at radius 3 is 2.57 bits per heavy atom. The van der Waals surface area contributed by atoms with Gasteiger partial charge in [-0.05, 0) is 40.2 Å². The number of phenols is 1. The zero-order valence-corrected chi connectivity index (χ0v) is 14.4. The Bertz CT molecular complexity index is 529. The molecule has 0 bridgehead atoms. The maximum atomic E-state index is 13.9. The van der Waals surface area contributed by atoms with Gasteiger partial charge in [0.05, 0.1) is 0 Å². The molecule has 6 heteroatoms. The van der Waals surface area contributed by atoms with E-state index >= 15 is 0 Å². The number of hydrogen-bond acceptors (Lipinski definition) is 4. The summed E-state index contributed by atoms with van der Waals surface area (Å²) in [6.07, 6.45) is 0.293. The molecule has 130 valence electrons. The molecule has 0 aliphatic rings. The van der Waals surface area contributed by atoms with E-state index in [-0.39, 0.29) is 17.8 Å². The number of phenolic OH excluding ortho intramolecular Hbond substituents is 1. The monoisotopic (exact) mass is 326 g/mol. The van der Waals surface area contributed by atoms with Crippen molar-refractivity contribution in [3.05, 3.63) is 29.6 Å². The van der Waals surface area contributed by atoms with Gasteiger partial charge >= 0.3 is 6.09 Å². The zero-order valence-electron chi connectivity index (χ0n) is 14.4. The molecule has 23 heavy (non-hydrogen) atoms. The van der Waals surface area contributed by atoms with Crippen molar-refractivity contribution in [3.63, 3.8) is 0 Å². The van der Waals surface area contributed by atoms with E-state index in [9.17, 15) is 14.3 Å². The summed E-state index contributed by atoms with van der Waals surface area (Å²) in [5.41, 5.74) is -0.0691. The molecule has 0 saturated carbocycles. The summed E-state index contributed by atoms with van der Waals surface area (Å²) >= 11 is 0. The molecule has 0 radical (unpaired) electrons. The van der Waals surface area contributed by atoms with Crippen molar-refractivity contribution in [1.82, 2.24) is 10.6 Å². The normalized spacial score (nSPS) is 14.2. The van der Waals surface area contributed by atoms with Gasteiger partial charge in [0.25, 0.3) is 0 Å². The molecule has 1 aromatic carbocycles. The lowest BCUT2D eigenvalue weighted by molar-refractivity contribution is 0.0521. The quantitative estimate of drug-likeness (QED) is 0.748. The molecular formula is C17H27FN2O3. The largest absolute Gasteiger partial charge is 0.508 e. The average Bonchev–Trinajstić information content (AvgIpc) is 2.41. The fourth-order valence-electron chi connectivity index (χ4n) is 2.15. The van der Waals surface area contributed by atoms with Gasteiger partial charge in [-0.25, -0.2) is 9.18 Å². The van der Waals surface area contributed by atoms with Gasteiger partial charge in [0.15, 0.2) is 0 Å². The molecule has 1 aromatic rings. The second-order valence-corrected chi connectivity index (χ2v) is 6.58. The second-order valence-electron chi connectivity index (χ2n) is 6.58. The van der Waals surface area contributed by atoms with E-state index in [1.807, 2.05) is 13.8 Å². The highest BCUT2D eigenvalue weighted by molar-refractivity contribution is 5.67. The minimum atomic E-state index is -0.540. The number of ether oxygens (including phenoxy) is 1. The van der Waals surface area contributed by atoms with Gasteiger partial charge in [-0.2, -0.15) is 0 Å². The number of benzene rings is 1. The van der Waals surface area contributed by atoms with Gasteiger partial charge < -0.3 is 20.5 Å². The van der Waals surface area contributed by atoms with Crippen molar-refractivity contribution < 1.29 is 19.0 Å². The highest BCUT2D eigenvalue weighted by Crippen LogP contribution is 2.21. The molecule has 0 fully saturated rings. The Labute approximate surface area is 137 Å². The maximum absolute atomic E-state index is 13.9. The minimum Gasteiger partial charge on any atom is -0.508 e. The molecule has 0 saturated heterocycles. The van der Waals surface area contributed by atoms with Gasteiger partial charge in [-0.3, -0.25) is 0 Å². The summed E-state index contributed by atoms with van der Waals surface area (Å²) in [5, 5.41) is 15.2. The van der Waals surface area contributed by atoms with E-state index in [0.29, 0.717) is 12.1 Å². The minimum absolute atomic E-state index is 0.0225. The van der Waals surface area contributed by atoms with Crippen LogP contribution in [0.3, 0.4) is 0 Å². The van der Waals surface area contributed by atoms with Crippen LogP contribution in [0.2, 0.25) is 0 Å². The number of amides is 1. The van der Waals surface area contributed by atoms with E-state index in [4.69, 9.17) is 4.74 Å². The lowest BCUT2D eigenvalue weighted by Gasteiger charge is -2.25. The van der Waals surface area contributed by atoms with E-state index in [2.05, 4.69) is 10.6 Å². The fraction of sp³-hybridized carbons (Fsp3) is 0.588. The smallest absolute Gasteiger partial charge is 0.407 e. The van der Waals surface area contributed by atoms with Crippen LogP contribution < -0.4 is 10.6 Å².